The summed E-state index contributed by atoms with van der Waals surface area (Å²) in [6.07, 6.45) is 9.74. The van der Waals surface area contributed by atoms with Crippen molar-refractivity contribution in [2.75, 3.05) is 18.0 Å². The van der Waals surface area contributed by atoms with E-state index < -0.39 is 0 Å². The fraction of sp³-hybridized carbons (Fsp3) is 0.333. The Morgan fingerprint density at radius 1 is 1.26 bits per heavy atom. The third kappa shape index (κ3) is 3.68. The van der Waals surface area contributed by atoms with Gasteiger partial charge in [-0.25, -0.2) is 9.97 Å². The maximum absolute atomic E-state index is 9.46. The fourth-order valence-corrected chi connectivity index (χ4v) is 3.75. The van der Waals surface area contributed by atoms with Crippen LogP contribution in [0.4, 0.5) is 5.82 Å². The van der Waals surface area contributed by atoms with E-state index >= 15 is 0 Å². The maximum atomic E-state index is 9.46. The van der Waals surface area contributed by atoms with Crippen LogP contribution in [0.25, 0.3) is 0 Å². The van der Waals surface area contributed by atoms with Crippen LogP contribution in [0, 0.1) is 18.3 Å². The molecule has 0 N–H and O–H groups in total. The Morgan fingerprint density at radius 3 is 3.00 bits per heavy atom. The Morgan fingerprint density at radius 2 is 2.19 bits per heavy atom. The van der Waals surface area contributed by atoms with Gasteiger partial charge in [-0.05, 0) is 43.5 Å². The molecule has 3 aromatic heterocycles. The third-order valence-corrected chi connectivity index (χ3v) is 5.04. The van der Waals surface area contributed by atoms with Gasteiger partial charge < -0.3 is 9.47 Å². The zero-order valence-electron chi connectivity index (χ0n) is 15.4. The smallest absolute Gasteiger partial charge is 0.146 e. The zero-order chi connectivity index (χ0) is 18.6. The summed E-state index contributed by atoms with van der Waals surface area (Å²) < 4.78 is 2.21. The lowest BCUT2D eigenvalue weighted by Crippen LogP contribution is -2.36. The first-order valence-electron chi connectivity index (χ1n) is 9.27. The van der Waals surface area contributed by atoms with Gasteiger partial charge in [0.15, 0.2) is 0 Å². The number of nitrogens with zero attached hydrogens (tertiary/aromatic N) is 6. The standard InChI is InChI=1S/C21H22N6/c1-16-6-7-18(12-22)21(25-16)26-10-3-5-19(15-26)20-24-9-11-27(20)14-17-4-2-8-23-13-17/h2,4,6-9,11,13,19H,3,5,10,14-15H2,1H3/t19-/m0/s1. The van der Waals surface area contributed by atoms with E-state index in [-0.39, 0.29) is 0 Å². The molecule has 136 valence electrons. The molecule has 6 nitrogen and oxygen atoms in total. The third-order valence-electron chi connectivity index (χ3n) is 5.04. The van der Waals surface area contributed by atoms with E-state index in [1.807, 2.05) is 43.7 Å². The van der Waals surface area contributed by atoms with E-state index in [1.54, 1.807) is 6.20 Å². The molecular weight excluding hydrogens is 336 g/mol. The van der Waals surface area contributed by atoms with E-state index in [1.165, 1.54) is 0 Å². The van der Waals surface area contributed by atoms with Gasteiger partial charge >= 0.3 is 0 Å². The summed E-state index contributed by atoms with van der Waals surface area (Å²) in [5.41, 5.74) is 2.74. The second-order valence-electron chi connectivity index (χ2n) is 7.00. The summed E-state index contributed by atoms with van der Waals surface area (Å²) in [5.74, 6) is 2.21. The number of imidazole rings is 1. The largest absolute Gasteiger partial charge is 0.355 e. The van der Waals surface area contributed by atoms with Crippen LogP contribution >= 0.6 is 0 Å². The molecule has 0 aromatic carbocycles. The van der Waals surface area contributed by atoms with Crippen LogP contribution in [0.2, 0.25) is 0 Å². The molecule has 1 fully saturated rings. The first kappa shape index (κ1) is 17.2. The topological polar surface area (TPSA) is 70.6 Å². The van der Waals surface area contributed by atoms with Gasteiger partial charge in [0.05, 0.1) is 12.1 Å². The van der Waals surface area contributed by atoms with Crippen molar-refractivity contribution < 1.29 is 0 Å². The summed E-state index contributed by atoms with van der Waals surface area (Å²) in [6.45, 7) is 4.48. The highest BCUT2D eigenvalue weighted by Gasteiger charge is 2.27. The van der Waals surface area contributed by atoms with E-state index in [2.05, 4.69) is 36.6 Å². The average Bonchev–Trinajstić information content (AvgIpc) is 3.17. The van der Waals surface area contributed by atoms with Crippen molar-refractivity contribution in [1.82, 2.24) is 19.5 Å². The van der Waals surface area contributed by atoms with Crippen LogP contribution in [-0.4, -0.2) is 32.6 Å². The van der Waals surface area contributed by atoms with Crippen LogP contribution in [0.1, 0.15) is 41.4 Å². The quantitative estimate of drug-likeness (QED) is 0.716. The molecule has 0 bridgehead atoms. The van der Waals surface area contributed by atoms with Crippen molar-refractivity contribution in [3.05, 3.63) is 71.7 Å². The van der Waals surface area contributed by atoms with Crippen molar-refractivity contribution in [2.24, 2.45) is 0 Å². The predicted molar refractivity (Wildman–Crippen MR) is 103 cm³/mol. The summed E-state index contributed by atoms with van der Waals surface area (Å²) in [6, 6.07) is 10.1. The van der Waals surface area contributed by atoms with Gasteiger partial charge in [0.25, 0.3) is 0 Å². The zero-order valence-corrected chi connectivity index (χ0v) is 15.4. The first-order valence-corrected chi connectivity index (χ1v) is 9.27. The van der Waals surface area contributed by atoms with Crippen LogP contribution in [0.5, 0.6) is 0 Å². The monoisotopic (exact) mass is 358 g/mol. The Balaban J connectivity index is 1.57. The van der Waals surface area contributed by atoms with Gasteiger partial charge in [0.2, 0.25) is 0 Å². The van der Waals surface area contributed by atoms with E-state index in [9.17, 15) is 5.26 Å². The minimum absolute atomic E-state index is 0.319. The minimum Gasteiger partial charge on any atom is -0.355 e. The van der Waals surface area contributed by atoms with Crippen LogP contribution < -0.4 is 4.90 Å². The molecule has 27 heavy (non-hydrogen) atoms. The number of pyridine rings is 2. The Bertz CT molecular complexity index is 956. The molecule has 0 aliphatic carbocycles. The van der Waals surface area contributed by atoms with Gasteiger partial charge in [-0.3, -0.25) is 4.98 Å². The molecule has 6 heteroatoms. The lowest BCUT2D eigenvalue weighted by Gasteiger charge is -2.34. The van der Waals surface area contributed by atoms with E-state index in [4.69, 9.17) is 0 Å². The Hall–Kier alpha value is -3.20. The number of anilines is 1. The molecule has 1 aliphatic rings. The van der Waals surface area contributed by atoms with Crippen molar-refractivity contribution in [3.63, 3.8) is 0 Å². The number of piperidine rings is 1. The number of hydrogen-bond acceptors (Lipinski definition) is 5. The van der Waals surface area contributed by atoms with Gasteiger partial charge in [0, 0.05) is 49.5 Å². The number of hydrogen-bond donors (Lipinski definition) is 0. The normalized spacial score (nSPS) is 16.9. The fourth-order valence-electron chi connectivity index (χ4n) is 3.75. The molecular formula is C21H22N6. The highest BCUT2D eigenvalue weighted by Crippen LogP contribution is 2.30. The van der Waals surface area contributed by atoms with E-state index in [0.29, 0.717) is 11.5 Å². The summed E-state index contributed by atoms with van der Waals surface area (Å²) >= 11 is 0. The SMILES string of the molecule is Cc1ccc(C#N)c(N2CCC[C@H](c3nccn3Cc3cccnc3)C2)n1. The van der Waals surface area contributed by atoms with Crippen LogP contribution in [0.3, 0.4) is 0 Å². The molecule has 4 rings (SSSR count). The number of rotatable bonds is 4. The molecule has 0 unspecified atom stereocenters. The maximum Gasteiger partial charge on any atom is 0.146 e. The number of aryl methyl sites for hydroxylation is 1. The molecule has 0 amide bonds. The number of nitriles is 1. The summed E-state index contributed by atoms with van der Waals surface area (Å²) in [7, 11) is 0. The van der Waals surface area contributed by atoms with Gasteiger partial charge in [0.1, 0.15) is 17.7 Å². The molecule has 0 radical (unpaired) electrons. The molecule has 1 aliphatic heterocycles. The molecule has 4 heterocycles. The summed E-state index contributed by atoms with van der Waals surface area (Å²) in [5, 5.41) is 9.46. The van der Waals surface area contributed by atoms with Gasteiger partial charge in [-0.2, -0.15) is 5.26 Å². The van der Waals surface area contributed by atoms with Crippen LogP contribution in [-0.2, 0) is 6.54 Å². The van der Waals surface area contributed by atoms with Crippen molar-refractivity contribution in [2.45, 2.75) is 32.2 Å². The second-order valence-corrected chi connectivity index (χ2v) is 7.00. The molecule has 1 saturated heterocycles. The van der Waals surface area contributed by atoms with Crippen LogP contribution in [0.15, 0.2) is 49.1 Å². The predicted octanol–water partition coefficient (Wildman–Crippen LogP) is 3.29. The highest BCUT2D eigenvalue weighted by molar-refractivity contribution is 5.54. The van der Waals surface area contributed by atoms with Gasteiger partial charge in [-0.15, -0.1) is 0 Å². The lowest BCUT2D eigenvalue weighted by molar-refractivity contribution is 0.473. The average molecular weight is 358 g/mol. The van der Waals surface area contributed by atoms with Crippen molar-refractivity contribution in [1.29, 1.82) is 5.26 Å². The minimum atomic E-state index is 0.319. The van der Waals surface area contributed by atoms with Gasteiger partial charge in [-0.1, -0.05) is 6.07 Å². The lowest BCUT2D eigenvalue weighted by atomic mass is 9.96. The van der Waals surface area contributed by atoms with Crippen molar-refractivity contribution in [3.8, 4) is 6.07 Å². The second kappa shape index (κ2) is 7.58. The highest BCUT2D eigenvalue weighted by atomic mass is 15.2. The molecule has 0 spiro atoms. The Labute approximate surface area is 159 Å². The Kier molecular flexibility index (Phi) is 4.84. The number of aromatic nitrogens is 4. The summed E-state index contributed by atoms with van der Waals surface area (Å²) in [4.78, 5) is 15.7. The van der Waals surface area contributed by atoms with Crippen molar-refractivity contribution >= 4 is 5.82 Å². The van der Waals surface area contributed by atoms with E-state index in [0.717, 1.165) is 55.4 Å². The molecule has 0 saturated carbocycles. The molecule has 1 atom stereocenters. The molecule has 3 aromatic rings. The first-order chi connectivity index (χ1) is 13.2.